The number of rotatable bonds is 8. The average Bonchev–Trinajstić information content (AvgIpc) is 2.56. The highest BCUT2D eigenvalue weighted by Crippen LogP contribution is 2.23. The van der Waals surface area contributed by atoms with Crippen LogP contribution in [0.15, 0.2) is 54.6 Å². The molecule has 3 heteroatoms. The highest BCUT2D eigenvalue weighted by molar-refractivity contribution is 5.58. The van der Waals surface area contributed by atoms with Gasteiger partial charge < -0.3 is 14.3 Å². The van der Waals surface area contributed by atoms with Crippen LogP contribution in [0.25, 0.3) is 0 Å². The summed E-state index contributed by atoms with van der Waals surface area (Å²) in [5.41, 5.74) is 0.621. The largest absolute Gasteiger partial charge is 0.457 e. The SMILES string of the molecule is CCC(C)(C=O)COCc1cccc(Oc2ccccc2)c1. The second-order valence-corrected chi connectivity index (χ2v) is 5.68. The molecule has 0 aliphatic heterocycles. The van der Waals surface area contributed by atoms with Gasteiger partial charge in [0, 0.05) is 5.41 Å². The summed E-state index contributed by atoms with van der Waals surface area (Å²) in [6, 6.07) is 17.5. The Morgan fingerprint density at radius 2 is 1.77 bits per heavy atom. The highest BCUT2D eigenvalue weighted by atomic mass is 16.5. The van der Waals surface area contributed by atoms with Gasteiger partial charge in [-0.2, -0.15) is 0 Å². The predicted octanol–water partition coefficient (Wildman–Crippen LogP) is 4.61. The van der Waals surface area contributed by atoms with Crippen LogP contribution in [0.5, 0.6) is 11.5 Å². The van der Waals surface area contributed by atoms with Crippen molar-refractivity contribution in [3.05, 3.63) is 60.2 Å². The van der Waals surface area contributed by atoms with E-state index in [0.29, 0.717) is 13.2 Å². The van der Waals surface area contributed by atoms with Crippen LogP contribution in [0.4, 0.5) is 0 Å². The fourth-order valence-electron chi connectivity index (χ4n) is 1.94. The van der Waals surface area contributed by atoms with E-state index in [2.05, 4.69) is 0 Å². The molecule has 2 rings (SSSR count). The van der Waals surface area contributed by atoms with Gasteiger partial charge in [-0.3, -0.25) is 0 Å². The van der Waals surface area contributed by atoms with Gasteiger partial charge in [0.25, 0.3) is 0 Å². The maximum atomic E-state index is 11.1. The quantitative estimate of drug-likeness (QED) is 0.668. The smallest absolute Gasteiger partial charge is 0.128 e. The molecule has 2 aromatic rings. The van der Waals surface area contributed by atoms with Crippen molar-refractivity contribution in [3.63, 3.8) is 0 Å². The van der Waals surface area contributed by atoms with Gasteiger partial charge in [-0.25, -0.2) is 0 Å². The first-order valence-corrected chi connectivity index (χ1v) is 7.51. The van der Waals surface area contributed by atoms with Crippen molar-refractivity contribution in [2.45, 2.75) is 26.9 Å². The minimum absolute atomic E-state index is 0.405. The minimum Gasteiger partial charge on any atom is -0.457 e. The molecular formula is C19H22O3. The van der Waals surface area contributed by atoms with E-state index in [1.165, 1.54) is 0 Å². The summed E-state index contributed by atoms with van der Waals surface area (Å²) in [5, 5.41) is 0. The number of ether oxygens (including phenoxy) is 2. The molecule has 0 N–H and O–H groups in total. The maximum Gasteiger partial charge on any atom is 0.128 e. The van der Waals surface area contributed by atoms with E-state index in [4.69, 9.17) is 9.47 Å². The van der Waals surface area contributed by atoms with Crippen molar-refractivity contribution < 1.29 is 14.3 Å². The molecule has 0 aliphatic rings. The fourth-order valence-corrected chi connectivity index (χ4v) is 1.94. The summed E-state index contributed by atoms with van der Waals surface area (Å²) in [4.78, 5) is 11.1. The van der Waals surface area contributed by atoms with Gasteiger partial charge in [0.1, 0.15) is 17.8 Å². The Morgan fingerprint density at radius 1 is 1.05 bits per heavy atom. The molecule has 116 valence electrons. The minimum atomic E-state index is -0.405. The average molecular weight is 298 g/mol. The highest BCUT2D eigenvalue weighted by Gasteiger charge is 2.21. The molecule has 0 saturated carbocycles. The van der Waals surface area contributed by atoms with E-state index < -0.39 is 5.41 Å². The Hall–Kier alpha value is -2.13. The zero-order valence-electron chi connectivity index (χ0n) is 13.1. The van der Waals surface area contributed by atoms with Crippen LogP contribution in [-0.2, 0) is 16.1 Å². The van der Waals surface area contributed by atoms with Crippen molar-refractivity contribution in [2.75, 3.05) is 6.61 Å². The zero-order chi connectivity index (χ0) is 15.8. The summed E-state index contributed by atoms with van der Waals surface area (Å²) in [6.45, 7) is 4.80. The van der Waals surface area contributed by atoms with Crippen molar-refractivity contribution in [1.29, 1.82) is 0 Å². The van der Waals surface area contributed by atoms with Crippen LogP contribution >= 0.6 is 0 Å². The Morgan fingerprint density at radius 3 is 2.45 bits per heavy atom. The molecule has 0 aliphatic carbocycles. The number of hydrogen-bond acceptors (Lipinski definition) is 3. The fraction of sp³-hybridized carbons (Fsp3) is 0.316. The summed E-state index contributed by atoms with van der Waals surface area (Å²) in [5.74, 6) is 1.58. The van der Waals surface area contributed by atoms with Crippen LogP contribution in [0.1, 0.15) is 25.8 Å². The second-order valence-electron chi connectivity index (χ2n) is 5.68. The molecule has 0 spiro atoms. The number of benzene rings is 2. The molecular weight excluding hydrogens is 276 g/mol. The number of para-hydroxylation sites is 1. The summed E-state index contributed by atoms with van der Waals surface area (Å²) in [6.07, 6.45) is 1.75. The molecule has 1 atom stereocenters. The van der Waals surface area contributed by atoms with E-state index >= 15 is 0 Å². The Balaban J connectivity index is 1.93. The van der Waals surface area contributed by atoms with Crippen molar-refractivity contribution in [3.8, 4) is 11.5 Å². The predicted molar refractivity (Wildman–Crippen MR) is 87.1 cm³/mol. The van der Waals surface area contributed by atoms with Crippen molar-refractivity contribution in [2.24, 2.45) is 5.41 Å². The first kappa shape index (κ1) is 16.2. The molecule has 0 amide bonds. The molecule has 0 saturated heterocycles. The van der Waals surface area contributed by atoms with E-state index in [9.17, 15) is 4.79 Å². The first-order valence-electron chi connectivity index (χ1n) is 7.51. The van der Waals surface area contributed by atoms with E-state index in [-0.39, 0.29) is 0 Å². The first-order chi connectivity index (χ1) is 10.6. The van der Waals surface area contributed by atoms with Gasteiger partial charge in [0.15, 0.2) is 0 Å². The third-order valence-corrected chi connectivity index (χ3v) is 3.67. The van der Waals surface area contributed by atoms with E-state index in [0.717, 1.165) is 29.8 Å². The summed E-state index contributed by atoms with van der Waals surface area (Å²) in [7, 11) is 0. The lowest BCUT2D eigenvalue weighted by atomic mass is 9.91. The second kappa shape index (κ2) is 7.76. The molecule has 0 bridgehead atoms. The monoisotopic (exact) mass is 298 g/mol. The van der Waals surface area contributed by atoms with Crippen LogP contribution in [0, 0.1) is 5.41 Å². The molecule has 1 unspecified atom stereocenters. The molecule has 0 aromatic heterocycles. The molecule has 2 aromatic carbocycles. The van der Waals surface area contributed by atoms with Gasteiger partial charge in [-0.15, -0.1) is 0 Å². The third-order valence-electron chi connectivity index (χ3n) is 3.67. The number of carbonyl (C=O) groups excluding carboxylic acids is 1. The molecule has 0 heterocycles. The normalized spacial score (nSPS) is 13.4. The van der Waals surface area contributed by atoms with Crippen LogP contribution in [0.3, 0.4) is 0 Å². The lowest BCUT2D eigenvalue weighted by Gasteiger charge is -2.20. The van der Waals surface area contributed by atoms with Crippen LogP contribution < -0.4 is 4.74 Å². The lowest BCUT2D eigenvalue weighted by molar-refractivity contribution is -0.119. The lowest BCUT2D eigenvalue weighted by Crippen LogP contribution is -2.23. The molecule has 22 heavy (non-hydrogen) atoms. The van der Waals surface area contributed by atoms with Crippen molar-refractivity contribution in [1.82, 2.24) is 0 Å². The van der Waals surface area contributed by atoms with Gasteiger partial charge in [-0.1, -0.05) is 44.2 Å². The number of aldehydes is 1. The standard InChI is InChI=1S/C19H22O3/c1-3-19(2,14-20)15-21-13-16-8-7-11-18(12-16)22-17-9-5-4-6-10-17/h4-12,14H,3,13,15H2,1-2H3. The topological polar surface area (TPSA) is 35.5 Å². The van der Waals surface area contributed by atoms with Gasteiger partial charge >= 0.3 is 0 Å². The Bertz CT molecular complexity index is 595. The third kappa shape index (κ3) is 4.71. The summed E-state index contributed by atoms with van der Waals surface area (Å²) < 4.78 is 11.5. The van der Waals surface area contributed by atoms with Gasteiger partial charge in [0.2, 0.25) is 0 Å². The number of carbonyl (C=O) groups is 1. The summed E-state index contributed by atoms with van der Waals surface area (Å²) >= 11 is 0. The van der Waals surface area contributed by atoms with Crippen LogP contribution in [-0.4, -0.2) is 12.9 Å². The van der Waals surface area contributed by atoms with Crippen LogP contribution in [0.2, 0.25) is 0 Å². The Labute approximate surface area is 131 Å². The molecule has 3 nitrogen and oxygen atoms in total. The zero-order valence-corrected chi connectivity index (χ0v) is 13.1. The number of hydrogen-bond donors (Lipinski definition) is 0. The molecule has 0 fully saturated rings. The van der Waals surface area contributed by atoms with Gasteiger partial charge in [0.05, 0.1) is 13.2 Å². The molecule has 0 radical (unpaired) electrons. The van der Waals surface area contributed by atoms with Gasteiger partial charge in [-0.05, 0) is 36.2 Å². The Kier molecular flexibility index (Phi) is 5.73. The van der Waals surface area contributed by atoms with E-state index in [1.807, 2.05) is 68.4 Å². The van der Waals surface area contributed by atoms with E-state index in [1.54, 1.807) is 0 Å². The van der Waals surface area contributed by atoms with Crippen molar-refractivity contribution >= 4 is 6.29 Å². The maximum absolute atomic E-state index is 11.1.